The largest absolute Gasteiger partial charge is 0.319 e. The number of aryl methyl sites for hydroxylation is 1. The summed E-state index contributed by atoms with van der Waals surface area (Å²) >= 11 is 0. The average molecular weight is 243 g/mol. The molecule has 0 amide bonds. The molecule has 2 aromatic rings. The summed E-state index contributed by atoms with van der Waals surface area (Å²) in [4.78, 5) is 0. The lowest BCUT2D eigenvalue weighted by molar-refractivity contribution is 0.589. The Morgan fingerprint density at radius 2 is 1.72 bits per heavy atom. The third kappa shape index (κ3) is 2.62. The Hall–Kier alpha value is -1.61. The molecule has 0 saturated heterocycles. The molecule has 2 N–H and O–H groups in total. The van der Waals surface area contributed by atoms with Crippen LogP contribution in [0.2, 0.25) is 0 Å². The Kier molecular flexibility index (Phi) is 3.26. The molecule has 0 fully saturated rings. The van der Waals surface area contributed by atoms with Gasteiger partial charge in [0.2, 0.25) is 0 Å². The van der Waals surface area contributed by atoms with Gasteiger partial charge in [-0.1, -0.05) is 45.0 Å². The summed E-state index contributed by atoms with van der Waals surface area (Å²) in [5, 5.41) is 4.35. The molecule has 0 bridgehead atoms. The number of rotatable bonds is 2. The lowest BCUT2D eigenvalue weighted by atomic mass is 9.86. The highest BCUT2D eigenvalue weighted by molar-refractivity contribution is 5.32. The molecule has 0 radical (unpaired) electrons. The second kappa shape index (κ2) is 4.58. The highest BCUT2D eigenvalue weighted by atomic mass is 15.3. The van der Waals surface area contributed by atoms with Crippen molar-refractivity contribution in [1.82, 2.24) is 9.78 Å². The van der Waals surface area contributed by atoms with Crippen molar-refractivity contribution in [2.75, 3.05) is 0 Å². The first-order chi connectivity index (χ1) is 8.38. The van der Waals surface area contributed by atoms with E-state index in [-0.39, 0.29) is 11.5 Å². The van der Waals surface area contributed by atoms with Crippen LogP contribution in [0.15, 0.2) is 36.5 Å². The Bertz CT molecular complexity index is 517. The third-order valence-electron chi connectivity index (χ3n) is 3.19. The minimum absolute atomic E-state index is 0.153. The van der Waals surface area contributed by atoms with Crippen LogP contribution in [0.25, 0.3) is 0 Å². The van der Waals surface area contributed by atoms with Gasteiger partial charge in [-0.2, -0.15) is 5.10 Å². The van der Waals surface area contributed by atoms with Crippen molar-refractivity contribution in [3.05, 3.63) is 53.3 Å². The molecule has 1 aromatic heterocycles. The molecule has 0 aliphatic heterocycles. The number of aromatic nitrogens is 2. The summed E-state index contributed by atoms with van der Waals surface area (Å²) in [5.41, 5.74) is 9.71. The first-order valence-electron chi connectivity index (χ1n) is 6.23. The van der Waals surface area contributed by atoms with E-state index < -0.39 is 0 Å². The topological polar surface area (TPSA) is 43.8 Å². The van der Waals surface area contributed by atoms with Crippen molar-refractivity contribution < 1.29 is 0 Å². The van der Waals surface area contributed by atoms with Crippen molar-refractivity contribution in [3.63, 3.8) is 0 Å². The molecule has 1 heterocycles. The number of nitrogens with zero attached hydrogens (tertiary/aromatic N) is 2. The highest BCUT2D eigenvalue weighted by Crippen LogP contribution is 2.25. The van der Waals surface area contributed by atoms with E-state index >= 15 is 0 Å². The van der Waals surface area contributed by atoms with E-state index in [1.807, 2.05) is 19.3 Å². The van der Waals surface area contributed by atoms with E-state index in [9.17, 15) is 0 Å². The van der Waals surface area contributed by atoms with Crippen molar-refractivity contribution in [1.29, 1.82) is 0 Å². The molecule has 2 rings (SSSR count). The summed E-state index contributed by atoms with van der Waals surface area (Å²) in [6, 6.07) is 10.3. The van der Waals surface area contributed by atoms with Gasteiger partial charge in [0.1, 0.15) is 0 Å². The molecule has 0 saturated carbocycles. The summed E-state index contributed by atoms with van der Waals surface area (Å²) < 4.78 is 1.78. The zero-order valence-electron chi connectivity index (χ0n) is 11.5. The van der Waals surface area contributed by atoms with Crippen LogP contribution in [0.3, 0.4) is 0 Å². The number of benzene rings is 1. The van der Waals surface area contributed by atoms with Crippen LogP contribution in [0, 0.1) is 0 Å². The van der Waals surface area contributed by atoms with Crippen LogP contribution >= 0.6 is 0 Å². The third-order valence-corrected chi connectivity index (χ3v) is 3.19. The maximum absolute atomic E-state index is 6.21. The molecule has 3 heteroatoms. The van der Waals surface area contributed by atoms with Gasteiger partial charge in [0.25, 0.3) is 0 Å². The van der Waals surface area contributed by atoms with Crippen LogP contribution in [0.1, 0.15) is 43.6 Å². The molecule has 0 aliphatic rings. The maximum atomic E-state index is 6.21. The molecule has 18 heavy (non-hydrogen) atoms. The fraction of sp³-hybridized carbons (Fsp3) is 0.400. The molecule has 1 aromatic carbocycles. The van der Waals surface area contributed by atoms with Crippen molar-refractivity contribution in [3.8, 4) is 0 Å². The molecule has 96 valence electrons. The fourth-order valence-corrected chi connectivity index (χ4v) is 1.96. The monoisotopic (exact) mass is 243 g/mol. The van der Waals surface area contributed by atoms with Gasteiger partial charge in [0.05, 0.1) is 11.7 Å². The van der Waals surface area contributed by atoms with Gasteiger partial charge < -0.3 is 5.73 Å². The van der Waals surface area contributed by atoms with Gasteiger partial charge in [-0.05, 0) is 22.6 Å². The van der Waals surface area contributed by atoms with E-state index in [1.165, 1.54) is 5.56 Å². The summed E-state index contributed by atoms with van der Waals surface area (Å²) in [6.07, 6.45) is 1.92. The van der Waals surface area contributed by atoms with E-state index in [0.29, 0.717) is 0 Å². The standard InChI is InChI=1S/C15H21N3/c1-15(2,3)12-7-5-11(6-8-12)14(16)13-9-10-18(4)17-13/h5-10,14H,16H2,1-4H3. The predicted octanol–water partition coefficient (Wildman–Crippen LogP) is 2.77. The van der Waals surface area contributed by atoms with Gasteiger partial charge in [0, 0.05) is 13.2 Å². The van der Waals surface area contributed by atoms with E-state index in [1.54, 1.807) is 4.68 Å². The number of hydrogen-bond acceptors (Lipinski definition) is 2. The first-order valence-corrected chi connectivity index (χ1v) is 6.23. The van der Waals surface area contributed by atoms with Gasteiger partial charge in [-0.15, -0.1) is 0 Å². The summed E-state index contributed by atoms with van der Waals surface area (Å²) in [5.74, 6) is 0. The minimum Gasteiger partial charge on any atom is -0.319 e. The zero-order chi connectivity index (χ0) is 13.3. The van der Waals surface area contributed by atoms with Gasteiger partial charge in [-0.25, -0.2) is 0 Å². The smallest absolute Gasteiger partial charge is 0.0837 e. The zero-order valence-corrected chi connectivity index (χ0v) is 11.5. The Labute approximate surface area is 109 Å². The first kappa shape index (κ1) is 12.8. The van der Waals surface area contributed by atoms with Crippen LogP contribution in [0.4, 0.5) is 0 Å². The lowest BCUT2D eigenvalue weighted by Crippen LogP contribution is -2.15. The van der Waals surface area contributed by atoms with E-state index in [4.69, 9.17) is 5.73 Å². The Balaban J connectivity index is 2.24. The highest BCUT2D eigenvalue weighted by Gasteiger charge is 2.15. The maximum Gasteiger partial charge on any atom is 0.0837 e. The van der Waals surface area contributed by atoms with Gasteiger partial charge in [0.15, 0.2) is 0 Å². The molecule has 1 atom stereocenters. The van der Waals surface area contributed by atoms with E-state index in [0.717, 1.165) is 11.3 Å². The molecule has 1 unspecified atom stereocenters. The number of nitrogens with two attached hydrogens (primary N) is 1. The van der Waals surface area contributed by atoms with Crippen molar-refractivity contribution in [2.24, 2.45) is 12.8 Å². The van der Waals surface area contributed by atoms with Gasteiger partial charge in [-0.3, -0.25) is 4.68 Å². The molecular formula is C15H21N3. The quantitative estimate of drug-likeness (QED) is 0.881. The lowest BCUT2D eigenvalue weighted by Gasteiger charge is -2.20. The van der Waals surface area contributed by atoms with E-state index in [2.05, 4.69) is 50.1 Å². The summed E-state index contributed by atoms with van der Waals surface area (Å²) in [7, 11) is 1.90. The predicted molar refractivity (Wildman–Crippen MR) is 74.4 cm³/mol. The second-order valence-corrected chi connectivity index (χ2v) is 5.76. The SMILES string of the molecule is Cn1ccc(C(N)c2ccc(C(C)(C)C)cc2)n1. The molecule has 0 spiro atoms. The molecular weight excluding hydrogens is 222 g/mol. The van der Waals surface area contributed by atoms with Crippen LogP contribution in [-0.2, 0) is 12.5 Å². The van der Waals surface area contributed by atoms with Gasteiger partial charge >= 0.3 is 0 Å². The average Bonchev–Trinajstić information content (AvgIpc) is 2.74. The van der Waals surface area contributed by atoms with Crippen molar-refractivity contribution in [2.45, 2.75) is 32.2 Å². The molecule has 0 aliphatic carbocycles. The van der Waals surface area contributed by atoms with Crippen LogP contribution < -0.4 is 5.73 Å². The summed E-state index contributed by atoms with van der Waals surface area (Å²) in [6.45, 7) is 6.63. The van der Waals surface area contributed by atoms with Crippen molar-refractivity contribution >= 4 is 0 Å². The number of hydrogen-bond donors (Lipinski definition) is 1. The second-order valence-electron chi connectivity index (χ2n) is 5.76. The van der Waals surface area contributed by atoms with Crippen LogP contribution in [0.5, 0.6) is 0 Å². The fourth-order valence-electron chi connectivity index (χ4n) is 1.96. The Morgan fingerprint density at radius 3 is 2.17 bits per heavy atom. The van der Waals surface area contributed by atoms with Crippen LogP contribution in [-0.4, -0.2) is 9.78 Å². The normalized spacial score (nSPS) is 13.6. The minimum atomic E-state index is -0.153. The Morgan fingerprint density at radius 1 is 1.11 bits per heavy atom. The molecule has 3 nitrogen and oxygen atoms in total.